The molecule has 0 aliphatic carbocycles. The summed E-state index contributed by atoms with van der Waals surface area (Å²) in [6.45, 7) is 1.50. The Morgan fingerprint density at radius 3 is 1.87 bits per heavy atom. The first kappa shape index (κ1) is 20.1. The van der Waals surface area contributed by atoms with E-state index in [9.17, 15) is 9.36 Å². The summed E-state index contributed by atoms with van der Waals surface area (Å²) < 4.78 is 14.5. The van der Waals surface area contributed by atoms with Crippen LogP contribution in [0.4, 0.5) is 0 Å². The Labute approximate surface area is 177 Å². The van der Waals surface area contributed by atoms with Crippen molar-refractivity contribution >= 4 is 34.4 Å². The Morgan fingerprint density at radius 1 is 0.767 bits per heavy atom. The van der Waals surface area contributed by atoms with Crippen LogP contribution in [0.25, 0.3) is 10.8 Å². The molecule has 1 unspecified atom stereocenters. The number of fused-ring (bicyclic) bond motifs is 1. The fourth-order valence-electron chi connectivity index (χ4n) is 3.86. The number of carbonyl (C=O) groups excluding carboxylic acids is 1. The molecular weight excluding hydrogens is 389 g/mol. The van der Waals surface area contributed by atoms with Gasteiger partial charge in [-0.25, -0.2) is 0 Å². The number of nitrogens with one attached hydrogen (secondary N) is 1. The van der Waals surface area contributed by atoms with E-state index in [1.807, 2.05) is 78.9 Å². The number of carbonyl (C=O) groups is 1. The van der Waals surface area contributed by atoms with Crippen molar-refractivity contribution in [1.82, 2.24) is 5.32 Å². The second-order valence-corrected chi connectivity index (χ2v) is 10.3. The van der Waals surface area contributed by atoms with E-state index in [0.717, 1.165) is 26.9 Å². The minimum absolute atomic E-state index is 0.138. The maximum absolute atomic E-state index is 14.5. The molecule has 4 rings (SSSR count). The van der Waals surface area contributed by atoms with Crippen LogP contribution < -0.4 is 15.9 Å². The predicted molar refractivity (Wildman–Crippen MR) is 125 cm³/mol. The first-order valence-electron chi connectivity index (χ1n) is 10.0. The van der Waals surface area contributed by atoms with Crippen molar-refractivity contribution in [2.45, 2.75) is 13.0 Å². The topological polar surface area (TPSA) is 46.2 Å². The third-order valence-corrected chi connectivity index (χ3v) is 8.48. The lowest BCUT2D eigenvalue weighted by Gasteiger charge is -2.26. The highest BCUT2D eigenvalue weighted by Gasteiger charge is 2.31. The first-order valence-corrected chi connectivity index (χ1v) is 11.9. The Kier molecular flexibility index (Phi) is 5.83. The van der Waals surface area contributed by atoms with Gasteiger partial charge in [-0.15, -0.1) is 0 Å². The molecule has 0 aliphatic rings. The van der Waals surface area contributed by atoms with Gasteiger partial charge in [0.05, 0.1) is 6.04 Å². The van der Waals surface area contributed by atoms with Crippen LogP contribution in [0.15, 0.2) is 103 Å². The molecule has 0 heterocycles. The quantitative estimate of drug-likeness (QED) is 0.451. The Morgan fingerprint density at radius 2 is 1.30 bits per heavy atom. The summed E-state index contributed by atoms with van der Waals surface area (Å²) >= 11 is 0. The van der Waals surface area contributed by atoms with Crippen LogP contribution in [0, 0.1) is 0 Å². The van der Waals surface area contributed by atoms with Gasteiger partial charge < -0.3 is 9.88 Å². The van der Waals surface area contributed by atoms with E-state index in [1.165, 1.54) is 6.92 Å². The van der Waals surface area contributed by atoms with Crippen molar-refractivity contribution in [1.29, 1.82) is 0 Å². The Bertz CT molecular complexity index is 1160. The third-order valence-electron chi connectivity index (χ3n) is 5.34. The van der Waals surface area contributed by atoms with Crippen molar-refractivity contribution in [3.05, 3.63) is 109 Å². The van der Waals surface area contributed by atoms with E-state index >= 15 is 0 Å². The van der Waals surface area contributed by atoms with E-state index in [4.69, 9.17) is 0 Å². The molecule has 4 heteroatoms. The number of rotatable bonds is 6. The summed E-state index contributed by atoms with van der Waals surface area (Å²) in [5.41, 5.74) is 0.955. The highest BCUT2D eigenvalue weighted by atomic mass is 31.2. The average molecular weight is 413 g/mol. The zero-order chi connectivity index (χ0) is 21.0. The maximum Gasteiger partial charge on any atom is 0.217 e. The third kappa shape index (κ3) is 4.22. The van der Waals surface area contributed by atoms with Crippen LogP contribution >= 0.6 is 7.14 Å². The zero-order valence-corrected chi connectivity index (χ0v) is 17.8. The molecule has 0 radical (unpaired) electrons. The monoisotopic (exact) mass is 413 g/mol. The number of hydrogen-bond acceptors (Lipinski definition) is 2. The molecule has 0 saturated heterocycles. The van der Waals surface area contributed by atoms with Gasteiger partial charge in [-0.2, -0.15) is 0 Å². The minimum Gasteiger partial charge on any atom is -0.349 e. The number of benzene rings is 4. The maximum atomic E-state index is 14.5. The van der Waals surface area contributed by atoms with E-state index < -0.39 is 7.14 Å². The van der Waals surface area contributed by atoms with Gasteiger partial charge in [0.2, 0.25) is 5.91 Å². The van der Waals surface area contributed by atoms with Gasteiger partial charge in [0, 0.05) is 23.7 Å². The van der Waals surface area contributed by atoms with Crippen molar-refractivity contribution in [3.8, 4) is 0 Å². The summed E-state index contributed by atoms with van der Waals surface area (Å²) in [6, 6.07) is 33.1. The second kappa shape index (κ2) is 8.69. The molecule has 0 saturated carbocycles. The van der Waals surface area contributed by atoms with Gasteiger partial charge >= 0.3 is 0 Å². The summed E-state index contributed by atoms with van der Waals surface area (Å²) in [6.07, 6.45) is 0.318. The van der Waals surface area contributed by atoms with E-state index in [0.29, 0.717) is 6.16 Å². The summed E-state index contributed by atoms with van der Waals surface area (Å²) in [4.78, 5) is 12.0. The molecule has 30 heavy (non-hydrogen) atoms. The smallest absolute Gasteiger partial charge is 0.217 e. The van der Waals surface area contributed by atoms with Crippen LogP contribution in [-0.2, 0) is 9.36 Å². The molecular formula is C26H24NO2P. The predicted octanol–water partition coefficient (Wildman–Crippen LogP) is 5.03. The molecule has 1 N–H and O–H groups in total. The largest absolute Gasteiger partial charge is 0.349 e. The molecule has 1 atom stereocenters. The molecule has 3 nitrogen and oxygen atoms in total. The molecule has 0 aromatic heterocycles. The molecule has 0 bridgehead atoms. The van der Waals surface area contributed by atoms with Crippen LogP contribution in [0.2, 0.25) is 0 Å². The SMILES string of the molecule is CC(=O)NC(CP(=O)(c1ccccc1)c1ccccc1)c1ccc2ccccc2c1. The van der Waals surface area contributed by atoms with Crippen molar-refractivity contribution in [2.75, 3.05) is 6.16 Å². The van der Waals surface area contributed by atoms with E-state index in [-0.39, 0.29) is 11.9 Å². The van der Waals surface area contributed by atoms with E-state index in [1.54, 1.807) is 0 Å². The summed E-state index contributed by atoms with van der Waals surface area (Å²) in [7, 11) is -2.98. The van der Waals surface area contributed by atoms with Crippen LogP contribution in [0.3, 0.4) is 0 Å². The standard InChI is InChI=1S/C26H24NO2P/c1-20(28)27-26(23-17-16-21-10-8-9-11-22(21)18-23)19-30(29,24-12-4-2-5-13-24)25-14-6-3-7-15-25/h2-18,26H,19H2,1H3,(H,27,28). The van der Waals surface area contributed by atoms with Gasteiger partial charge in [0.15, 0.2) is 0 Å². The van der Waals surface area contributed by atoms with E-state index in [2.05, 4.69) is 29.6 Å². The lowest BCUT2D eigenvalue weighted by atomic mass is 10.0. The fourth-order valence-corrected chi connectivity index (χ4v) is 6.70. The Hall–Kier alpha value is -3.16. The molecule has 150 valence electrons. The first-order chi connectivity index (χ1) is 14.6. The Balaban J connectivity index is 1.81. The normalized spacial score (nSPS) is 12.4. The highest BCUT2D eigenvalue weighted by molar-refractivity contribution is 7.78. The molecule has 0 aliphatic heterocycles. The highest BCUT2D eigenvalue weighted by Crippen LogP contribution is 2.46. The molecule has 4 aromatic rings. The van der Waals surface area contributed by atoms with Crippen LogP contribution in [0.5, 0.6) is 0 Å². The van der Waals surface area contributed by atoms with Gasteiger partial charge in [0.1, 0.15) is 7.14 Å². The lowest BCUT2D eigenvalue weighted by molar-refractivity contribution is -0.119. The lowest BCUT2D eigenvalue weighted by Crippen LogP contribution is -2.32. The van der Waals surface area contributed by atoms with Crippen LogP contribution in [-0.4, -0.2) is 12.1 Å². The molecule has 4 aromatic carbocycles. The summed E-state index contributed by atoms with van der Waals surface area (Å²) in [5, 5.41) is 6.87. The van der Waals surface area contributed by atoms with Crippen LogP contribution in [0.1, 0.15) is 18.5 Å². The molecule has 1 amide bonds. The van der Waals surface area contributed by atoms with Gasteiger partial charge in [-0.05, 0) is 22.4 Å². The molecule has 0 fully saturated rings. The van der Waals surface area contributed by atoms with Crippen molar-refractivity contribution < 1.29 is 9.36 Å². The minimum atomic E-state index is -2.98. The zero-order valence-electron chi connectivity index (χ0n) is 16.9. The van der Waals surface area contributed by atoms with Gasteiger partial charge in [0.25, 0.3) is 0 Å². The van der Waals surface area contributed by atoms with Gasteiger partial charge in [-0.3, -0.25) is 4.79 Å². The second-order valence-electron chi connectivity index (χ2n) is 7.45. The van der Waals surface area contributed by atoms with Gasteiger partial charge in [-0.1, -0.05) is 97.1 Å². The number of amides is 1. The van der Waals surface area contributed by atoms with Crippen molar-refractivity contribution in [3.63, 3.8) is 0 Å². The summed E-state index contributed by atoms with van der Waals surface area (Å²) in [5.74, 6) is -0.138. The fraction of sp³-hybridized carbons (Fsp3) is 0.115. The van der Waals surface area contributed by atoms with Crippen molar-refractivity contribution in [2.24, 2.45) is 0 Å². The molecule has 0 spiro atoms. The number of hydrogen-bond donors (Lipinski definition) is 1. The average Bonchev–Trinajstić information content (AvgIpc) is 2.79.